The summed E-state index contributed by atoms with van der Waals surface area (Å²) in [7, 11) is -4.54. The Hall–Kier alpha value is -3.20. The molecule has 14 nitrogen and oxygen atoms in total. The molecule has 0 amide bonds. The Morgan fingerprint density at radius 2 is 1.95 bits per heavy atom. The lowest BCUT2D eigenvalue weighted by atomic mass is 9.95. The van der Waals surface area contributed by atoms with E-state index in [0.717, 1.165) is 0 Å². The summed E-state index contributed by atoms with van der Waals surface area (Å²) >= 11 is 0. The number of carbonyl (C=O) groups is 1. The Morgan fingerprint density at radius 1 is 1.27 bits per heavy atom. The van der Waals surface area contributed by atoms with Gasteiger partial charge in [-0.2, -0.15) is 10.1 Å². The predicted octanol–water partition coefficient (Wildman–Crippen LogP) is 3.61. The molecule has 2 aromatic heterocycles. The lowest BCUT2D eigenvalue weighted by Crippen LogP contribution is -2.49. The number of rotatable bonds is 12. The minimum atomic E-state index is -4.54. The molecule has 242 valence electrons. The molecular formula is C28H39FN5O9P. The quantitative estimate of drug-likeness (QED) is 0.194. The van der Waals surface area contributed by atoms with E-state index in [4.69, 9.17) is 23.3 Å². The van der Waals surface area contributed by atoms with Crippen LogP contribution >= 0.6 is 7.75 Å². The van der Waals surface area contributed by atoms with Crippen molar-refractivity contribution in [3.05, 3.63) is 42.5 Å². The zero-order chi connectivity index (χ0) is 32.5. The highest BCUT2D eigenvalue weighted by Gasteiger charge is 2.64. The van der Waals surface area contributed by atoms with Crippen LogP contribution in [-0.4, -0.2) is 79.1 Å². The smallest absolute Gasteiger partial charge is 0.459 e. The van der Waals surface area contributed by atoms with Crippen molar-refractivity contribution in [3.8, 4) is 11.6 Å². The molecule has 3 N–H and O–H groups in total. The second-order valence-electron chi connectivity index (χ2n) is 11.9. The zero-order valence-electron chi connectivity index (χ0n) is 25.7. The minimum Gasteiger partial charge on any atom is -0.476 e. The van der Waals surface area contributed by atoms with Crippen LogP contribution in [0.4, 0.5) is 4.39 Å². The summed E-state index contributed by atoms with van der Waals surface area (Å²) in [5.74, 6) is -3.26. The van der Waals surface area contributed by atoms with Gasteiger partial charge in [0.25, 0.3) is 5.85 Å². The fourth-order valence-electron chi connectivity index (χ4n) is 4.38. The molecule has 1 aliphatic rings. The van der Waals surface area contributed by atoms with E-state index in [2.05, 4.69) is 20.0 Å². The van der Waals surface area contributed by atoms with Gasteiger partial charge < -0.3 is 28.9 Å². The standard InChI is InChI=1S/C28H39FN5O9P/c1-8-39-22-20-21(31-18(3)32-22)34(16-30-20)25-27(7,37)24(36)28(29,42-25)15-41-44(38,43-19-12-10-9-11-13-19)33-17(2)23(35)40-14-26(4,5)6/h9-13,16-17,24-25,36-37H,8,14-15H2,1-7H3,(H,33,38)/t17?,24-,25+,27+,28+,44?/m0/s1. The Labute approximate surface area is 254 Å². The molecule has 4 rings (SSSR count). The SMILES string of the molecule is CCOc1nc(C)nc2c1ncn2[C@@H]1O[C@](F)(COP(=O)(NC(C)C(=O)OCC(C)(C)C)Oc2ccccc2)[C@@H](O)[C@@]1(C)O. The number of halogens is 1. The first-order valence-electron chi connectivity index (χ1n) is 14.0. The van der Waals surface area contributed by atoms with Crippen molar-refractivity contribution in [2.24, 2.45) is 5.41 Å². The minimum absolute atomic E-state index is 0.0894. The van der Waals surface area contributed by atoms with Gasteiger partial charge in [0, 0.05) is 0 Å². The van der Waals surface area contributed by atoms with Crippen molar-refractivity contribution in [3.63, 3.8) is 0 Å². The van der Waals surface area contributed by atoms with Gasteiger partial charge in [-0.25, -0.2) is 18.9 Å². The molecule has 6 atom stereocenters. The maximum absolute atomic E-state index is 16.4. The van der Waals surface area contributed by atoms with Gasteiger partial charge in [-0.1, -0.05) is 39.0 Å². The number of nitrogens with one attached hydrogen (secondary N) is 1. The van der Waals surface area contributed by atoms with Crippen LogP contribution in [0.15, 0.2) is 36.7 Å². The van der Waals surface area contributed by atoms with Gasteiger partial charge in [-0.3, -0.25) is 13.9 Å². The van der Waals surface area contributed by atoms with Crippen molar-refractivity contribution in [2.45, 2.75) is 78.3 Å². The summed E-state index contributed by atoms with van der Waals surface area (Å²) in [5, 5.41) is 24.7. The van der Waals surface area contributed by atoms with Gasteiger partial charge >= 0.3 is 13.7 Å². The summed E-state index contributed by atoms with van der Waals surface area (Å²) in [5.41, 5.74) is -2.18. The lowest BCUT2D eigenvalue weighted by Gasteiger charge is -2.29. The number of alkyl halides is 1. The maximum atomic E-state index is 16.4. The van der Waals surface area contributed by atoms with Crippen molar-refractivity contribution >= 4 is 24.9 Å². The van der Waals surface area contributed by atoms with Crippen molar-refractivity contribution in [1.82, 2.24) is 24.6 Å². The summed E-state index contributed by atoms with van der Waals surface area (Å²) in [4.78, 5) is 25.4. The number of aliphatic hydroxyl groups excluding tert-OH is 1. The van der Waals surface area contributed by atoms with Crippen molar-refractivity contribution < 1.29 is 47.2 Å². The van der Waals surface area contributed by atoms with Crippen LogP contribution in [0.2, 0.25) is 0 Å². The first-order valence-corrected chi connectivity index (χ1v) is 15.6. The fourth-order valence-corrected chi connectivity index (χ4v) is 5.89. The van der Waals surface area contributed by atoms with Gasteiger partial charge in [-0.05, 0) is 45.2 Å². The van der Waals surface area contributed by atoms with E-state index in [1.165, 1.54) is 36.9 Å². The number of imidazole rings is 1. The molecule has 44 heavy (non-hydrogen) atoms. The number of aryl methyl sites for hydroxylation is 1. The molecule has 1 aliphatic heterocycles. The fraction of sp³-hybridized carbons (Fsp3) is 0.571. The van der Waals surface area contributed by atoms with Crippen LogP contribution in [-0.2, 0) is 23.4 Å². The molecular weight excluding hydrogens is 600 g/mol. The van der Waals surface area contributed by atoms with E-state index in [9.17, 15) is 19.6 Å². The van der Waals surface area contributed by atoms with Crippen LogP contribution in [0.1, 0.15) is 53.6 Å². The first-order chi connectivity index (χ1) is 20.5. The Balaban J connectivity index is 1.59. The first kappa shape index (κ1) is 33.7. The third-order valence-corrected chi connectivity index (χ3v) is 8.18. The molecule has 0 saturated carbocycles. The molecule has 0 radical (unpaired) electrons. The highest BCUT2D eigenvalue weighted by Crippen LogP contribution is 2.51. The topological polar surface area (TPSA) is 176 Å². The molecule has 2 unspecified atom stereocenters. The number of benzene rings is 1. The number of aliphatic hydroxyl groups is 2. The van der Waals surface area contributed by atoms with Crippen molar-refractivity contribution in [1.29, 1.82) is 0 Å². The van der Waals surface area contributed by atoms with Gasteiger partial charge in [-0.15, -0.1) is 0 Å². The largest absolute Gasteiger partial charge is 0.476 e. The monoisotopic (exact) mass is 639 g/mol. The summed E-state index contributed by atoms with van der Waals surface area (Å²) in [6.07, 6.45) is -2.52. The molecule has 1 fully saturated rings. The van der Waals surface area contributed by atoms with E-state index in [-0.39, 0.29) is 34.8 Å². The molecule has 0 bridgehead atoms. The van der Waals surface area contributed by atoms with Gasteiger partial charge in [0.15, 0.2) is 17.4 Å². The number of hydrogen-bond acceptors (Lipinski definition) is 12. The Kier molecular flexibility index (Phi) is 9.69. The van der Waals surface area contributed by atoms with Crippen LogP contribution in [0.25, 0.3) is 11.2 Å². The average molecular weight is 640 g/mol. The number of carbonyl (C=O) groups excluding carboxylic acids is 1. The van der Waals surface area contributed by atoms with E-state index in [1.54, 1.807) is 32.0 Å². The zero-order valence-corrected chi connectivity index (χ0v) is 26.6. The van der Waals surface area contributed by atoms with Crippen LogP contribution < -0.4 is 14.3 Å². The molecule has 3 aromatic rings. The van der Waals surface area contributed by atoms with Gasteiger partial charge in [0.05, 0.1) is 19.5 Å². The Morgan fingerprint density at radius 3 is 2.59 bits per heavy atom. The predicted molar refractivity (Wildman–Crippen MR) is 155 cm³/mol. The number of para-hydroxylation sites is 1. The number of esters is 1. The molecule has 3 heterocycles. The van der Waals surface area contributed by atoms with Crippen molar-refractivity contribution in [2.75, 3.05) is 19.8 Å². The molecule has 0 spiro atoms. The number of hydrogen-bond donors (Lipinski definition) is 3. The third kappa shape index (κ3) is 7.36. The molecule has 16 heteroatoms. The highest BCUT2D eigenvalue weighted by molar-refractivity contribution is 7.52. The lowest BCUT2D eigenvalue weighted by molar-refractivity contribution is -0.202. The summed E-state index contributed by atoms with van der Waals surface area (Å²) < 4.78 is 59.0. The number of fused-ring (bicyclic) bond motifs is 1. The summed E-state index contributed by atoms with van der Waals surface area (Å²) in [6, 6.07) is 6.69. The van der Waals surface area contributed by atoms with E-state index < -0.39 is 50.2 Å². The maximum Gasteiger partial charge on any atom is 0.459 e. The Bertz CT molecular complexity index is 1520. The van der Waals surface area contributed by atoms with Crippen LogP contribution in [0.3, 0.4) is 0 Å². The van der Waals surface area contributed by atoms with Crippen LogP contribution in [0, 0.1) is 12.3 Å². The normalized spacial score (nSPS) is 25.9. The molecule has 1 saturated heterocycles. The second kappa shape index (κ2) is 12.7. The van der Waals surface area contributed by atoms with Gasteiger partial charge in [0.2, 0.25) is 5.88 Å². The van der Waals surface area contributed by atoms with Crippen LogP contribution in [0.5, 0.6) is 11.6 Å². The second-order valence-corrected chi connectivity index (χ2v) is 13.6. The number of aromatic nitrogens is 4. The van der Waals surface area contributed by atoms with E-state index in [0.29, 0.717) is 12.4 Å². The summed E-state index contributed by atoms with van der Waals surface area (Å²) in [6.45, 7) is 10.8. The van der Waals surface area contributed by atoms with Gasteiger partial charge in [0.1, 0.15) is 35.9 Å². The third-order valence-electron chi connectivity index (χ3n) is 6.56. The average Bonchev–Trinajstić information content (AvgIpc) is 3.43. The number of ether oxygens (including phenoxy) is 3. The molecule has 1 aromatic carbocycles. The molecule has 0 aliphatic carbocycles. The number of nitrogens with zero attached hydrogens (tertiary/aromatic N) is 4. The van der Waals surface area contributed by atoms with E-state index in [1.807, 2.05) is 20.8 Å². The van der Waals surface area contributed by atoms with E-state index >= 15 is 4.39 Å². The highest BCUT2D eigenvalue weighted by atomic mass is 31.2.